The number of ether oxygens (including phenoxy) is 1. The van der Waals surface area contributed by atoms with Gasteiger partial charge in [0.2, 0.25) is 0 Å². The summed E-state index contributed by atoms with van der Waals surface area (Å²) in [6, 6.07) is 10.6. The highest BCUT2D eigenvalue weighted by Crippen LogP contribution is 2.22. The van der Waals surface area contributed by atoms with E-state index < -0.39 is 10.0 Å². The molecule has 3 heterocycles. The molecule has 0 atom stereocenters. The van der Waals surface area contributed by atoms with E-state index in [0.29, 0.717) is 30.1 Å². The van der Waals surface area contributed by atoms with E-state index in [4.69, 9.17) is 4.74 Å². The Kier molecular flexibility index (Phi) is 5.06. The lowest BCUT2D eigenvalue weighted by atomic mass is 10.2. The summed E-state index contributed by atoms with van der Waals surface area (Å²) in [6.07, 6.45) is 4.45. The van der Waals surface area contributed by atoms with Crippen molar-refractivity contribution in [1.29, 1.82) is 0 Å². The highest BCUT2D eigenvalue weighted by molar-refractivity contribution is 7.90. The third kappa shape index (κ3) is 4.14. The number of pyridine rings is 1. The second-order valence-corrected chi connectivity index (χ2v) is 8.45. The number of esters is 1. The number of carbonyl (C=O) groups excluding carboxylic acids is 1. The van der Waals surface area contributed by atoms with Crippen molar-refractivity contribution in [2.75, 3.05) is 6.54 Å². The van der Waals surface area contributed by atoms with Crippen LogP contribution in [0.4, 0.5) is 0 Å². The number of amidine groups is 1. The van der Waals surface area contributed by atoms with Crippen molar-refractivity contribution in [3.8, 4) is 0 Å². The van der Waals surface area contributed by atoms with Crippen LogP contribution in [0.5, 0.6) is 0 Å². The molecule has 8 nitrogen and oxygen atoms in total. The number of rotatable bonds is 6. The van der Waals surface area contributed by atoms with E-state index in [9.17, 15) is 13.2 Å². The van der Waals surface area contributed by atoms with Gasteiger partial charge in [-0.25, -0.2) is 13.4 Å². The Labute approximate surface area is 168 Å². The summed E-state index contributed by atoms with van der Waals surface area (Å²) in [5.41, 5.74) is 3.15. The molecule has 0 saturated heterocycles. The standard InChI is InChI=1S/C20H20N4O4S/c1-14-8-9-18-22-15(12-24(18)11-14)13-28-19(25)7-4-10-21-20-16-5-2-3-6-17(16)29(26,27)23-20/h2-3,5-6,8-9,11-12H,4,7,10,13H2,1H3,(H,21,23). The van der Waals surface area contributed by atoms with Crippen LogP contribution in [-0.2, 0) is 26.2 Å². The van der Waals surface area contributed by atoms with Crippen molar-refractivity contribution in [1.82, 2.24) is 14.1 Å². The van der Waals surface area contributed by atoms with Gasteiger partial charge in [0, 0.05) is 30.9 Å². The van der Waals surface area contributed by atoms with Crippen LogP contribution in [0.1, 0.15) is 29.7 Å². The van der Waals surface area contributed by atoms with Crippen LogP contribution in [0, 0.1) is 6.92 Å². The molecule has 29 heavy (non-hydrogen) atoms. The molecule has 0 radical (unpaired) electrons. The summed E-state index contributed by atoms with van der Waals surface area (Å²) in [6.45, 7) is 2.42. The lowest BCUT2D eigenvalue weighted by molar-refractivity contribution is -0.145. The van der Waals surface area contributed by atoms with E-state index in [1.54, 1.807) is 18.2 Å². The van der Waals surface area contributed by atoms with Crippen molar-refractivity contribution in [3.05, 3.63) is 65.6 Å². The second-order valence-electron chi connectivity index (χ2n) is 6.80. The number of benzene rings is 1. The molecule has 1 N–H and O–H groups in total. The highest BCUT2D eigenvalue weighted by atomic mass is 32.2. The van der Waals surface area contributed by atoms with Crippen molar-refractivity contribution in [2.24, 2.45) is 4.99 Å². The number of aliphatic imine (C=N–C) groups is 1. The van der Waals surface area contributed by atoms with Crippen LogP contribution < -0.4 is 4.72 Å². The second kappa shape index (κ2) is 7.67. The van der Waals surface area contributed by atoms with E-state index in [1.807, 2.05) is 35.9 Å². The van der Waals surface area contributed by atoms with Crippen LogP contribution >= 0.6 is 0 Å². The van der Waals surface area contributed by atoms with Gasteiger partial charge < -0.3 is 9.14 Å². The SMILES string of the molecule is Cc1ccc2nc(COC(=O)CCCN=C3NS(=O)(=O)c4ccccc43)cn2c1. The van der Waals surface area contributed by atoms with Gasteiger partial charge >= 0.3 is 5.97 Å². The van der Waals surface area contributed by atoms with E-state index >= 15 is 0 Å². The van der Waals surface area contributed by atoms with Gasteiger partial charge in [0.25, 0.3) is 10.0 Å². The molecule has 150 valence electrons. The summed E-state index contributed by atoms with van der Waals surface area (Å²) >= 11 is 0. The van der Waals surface area contributed by atoms with Gasteiger partial charge in [-0.05, 0) is 37.1 Å². The van der Waals surface area contributed by atoms with Gasteiger partial charge in [-0.15, -0.1) is 0 Å². The third-order valence-corrected chi connectivity index (χ3v) is 5.90. The molecular formula is C20H20N4O4S. The number of fused-ring (bicyclic) bond motifs is 2. The number of hydrogen-bond acceptors (Lipinski definition) is 6. The molecule has 0 saturated carbocycles. The first-order chi connectivity index (χ1) is 13.9. The van der Waals surface area contributed by atoms with Gasteiger partial charge in [-0.2, -0.15) is 0 Å². The number of aryl methyl sites for hydroxylation is 1. The van der Waals surface area contributed by atoms with Crippen molar-refractivity contribution in [2.45, 2.75) is 31.3 Å². The number of nitrogens with zero attached hydrogens (tertiary/aromatic N) is 3. The Bertz CT molecular complexity index is 1210. The fourth-order valence-electron chi connectivity index (χ4n) is 3.12. The summed E-state index contributed by atoms with van der Waals surface area (Å²) in [5.74, 6) is -0.0280. The summed E-state index contributed by atoms with van der Waals surface area (Å²) < 4.78 is 33.7. The number of sulfonamides is 1. The molecule has 2 aromatic heterocycles. The minimum absolute atomic E-state index is 0.112. The fourth-order valence-corrected chi connectivity index (χ4v) is 4.37. The molecule has 0 aliphatic carbocycles. The first-order valence-electron chi connectivity index (χ1n) is 9.19. The maximum absolute atomic E-state index is 12.0. The van der Waals surface area contributed by atoms with Gasteiger partial charge in [0.1, 0.15) is 18.1 Å². The lowest BCUT2D eigenvalue weighted by Crippen LogP contribution is -2.22. The molecule has 0 bridgehead atoms. The van der Waals surface area contributed by atoms with Crippen LogP contribution in [0.15, 0.2) is 58.7 Å². The number of nitrogens with one attached hydrogen (secondary N) is 1. The Morgan fingerprint density at radius 2 is 2.03 bits per heavy atom. The van der Waals surface area contributed by atoms with Gasteiger partial charge in [-0.1, -0.05) is 18.2 Å². The van der Waals surface area contributed by atoms with Crippen molar-refractivity contribution in [3.63, 3.8) is 0 Å². The maximum Gasteiger partial charge on any atom is 0.306 e. The fraction of sp³-hybridized carbons (Fsp3) is 0.250. The van der Waals surface area contributed by atoms with E-state index in [0.717, 1.165) is 11.2 Å². The van der Waals surface area contributed by atoms with Crippen molar-refractivity contribution < 1.29 is 17.9 Å². The van der Waals surface area contributed by atoms with E-state index in [-0.39, 0.29) is 23.9 Å². The molecule has 0 amide bonds. The Morgan fingerprint density at radius 3 is 2.90 bits per heavy atom. The zero-order valence-electron chi connectivity index (χ0n) is 15.8. The largest absolute Gasteiger partial charge is 0.459 e. The number of hydrogen-bond donors (Lipinski definition) is 1. The molecule has 0 spiro atoms. The van der Waals surface area contributed by atoms with Crippen molar-refractivity contribution >= 4 is 27.5 Å². The lowest BCUT2D eigenvalue weighted by Gasteiger charge is -2.02. The maximum atomic E-state index is 12.0. The Balaban J connectivity index is 1.28. The van der Waals surface area contributed by atoms with Crippen LogP contribution in [0.3, 0.4) is 0 Å². The number of imidazole rings is 1. The molecule has 4 rings (SSSR count). The molecule has 3 aromatic rings. The molecule has 9 heteroatoms. The molecule has 1 aliphatic rings. The third-order valence-electron chi connectivity index (χ3n) is 4.50. The molecular weight excluding hydrogens is 392 g/mol. The zero-order chi connectivity index (χ0) is 20.4. The molecule has 1 aromatic carbocycles. The zero-order valence-corrected chi connectivity index (χ0v) is 16.6. The first kappa shape index (κ1) is 19.1. The monoisotopic (exact) mass is 412 g/mol. The smallest absolute Gasteiger partial charge is 0.306 e. The predicted molar refractivity (Wildman–Crippen MR) is 107 cm³/mol. The molecule has 0 fully saturated rings. The topological polar surface area (TPSA) is 102 Å². The van der Waals surface area contributed by atoms with Gasteiger partial charge in [-0.3, -0.25) is 14.5 Å². The summed E-state index contributed by atoms with van der Waals surface area (Å²) in [4.78, 5) is 20.9. The van der Waals surface area contributed by atoms with E-state index in [1.165, 1.54) is 6.07 Å². The Hall–Kier alpha value is -3.20. The van der Waals surface area contributed by atoms with Gasteiger partial charge in [0.05, 0.1) is 10.6 Å². The average Bonchev–Trinajstić information content (AvgIpc) is 3.21. The van der Waals surface area contributed by atoms with Crippen LogP contribution in [-0.4, -0.2) is 36.2 Å². The highest BCUT2D eigenvalue weighted by Gasteiger charge is 2.29. The minimum atomic E-state index is -3.54. The van der Waals surface area contributed by atoms with E-state index in [2.05, 4.69) is 14.7 Å². The number of aromatic nitrogens is 2. The minimum Gasteiger partial charge on any atom is -0.459 e. The summed E-state index contributed by atoms with van der Waals surface area (Å²) in [7, 11) is -3.54. The van der Waals surface area contributed by atoms with Gasteiger partial charge in [0.15, 0.2) is 0 Å². The quantitative estimate of drug-likeness (QED) is 0.494. The normalized spacial score (nSPS) is 16.0. The predicted octanol–water partition coefficient (Wildman–Crippen LogP) is 2.20. The number of carbonyl (C=O) groups is 1. The molecule has 0 unspecified atom stereocenters. The van der Waals surface area contributed by atoms with Crippen LogP contribution in [0.25, 0.3) is 5.65 Å². The average molecular weight is 412 g/mol. The summed E-state index contributed by atoms with van der Waals surface area (Å²) in [5, 5.41) is 0. The molecule has 1 aliphatic heterocycles. The first-order valence-corrected chi connectivity index (χ1v) is 10.7. The Morgan fingerprint density at radius 1 is 1.21 bits per heavy atom. The van der Waals surface area contributed by atoms with Crippen LogP contribution in [0.2, 0.25) is 0 Å².